The molecular formula is C14H23N. The minimum absolute atomic E-state index is 0.323. The van der Waals surface area contributed by atoms with Crippen LogP contribution in [0.5, 0.6) is 0 Å². The molecule has 0 heterocycles. The summed E-state index contributed by atoms with van der Waals surface area (Å²) in [5, 5.41) is 0. The van der Waals surface area contributed by atoms with Crippen molar-refractivity contribution in [1.29, 1.82) is 0 Å². The van der Waals surface area contributed by atoms with Crippen LogP contribution >= 0.6 is 0 Å². The lowest BCUT2D eigenvalue weighted by molar-refractivity contribution is 0.464. The van der Waals surface area contributed by atoms with Gasteiger partial charge in [0, 0.05) is 6.04 Å². The quantitative estimate of drug-likeness (QED) is 0.802. The van der Waals surface area contributed by atoms with Crippen molar-refractivity contribution in [2.45, 2.75) is 46.6 Å². The van der Waals surface area contributed by atoms with Gasteiger partial charge in [-0.2, -0.15) is 0 Å². The lowest BCUT2D eigenvalue weighted by Crippen LogP contribution is -2.26. The maximum atomic E-state index is 6.06. The molecule has 1 unspecified atom stereocenters. The molecular weight excluding hydrogens is 182 g/mol. The van der Waals surface area contributed by atoms with Crippen LogP contribution in [0.2, 0.25) is 0 Å². The first-order valence-corrected chi connectivity index (χ1v) is 5.83. The first kappa shape index (κ1) is 12.3. The third-order valence-corrected chi connectivity index (χ3v) is 3.23. The summed E-state index contributed by atoms with van der Waals surface area (Å²) in [6.45, 7) is 8.75. The minimum Gasteiger partial charge on any atom is -0.327 e. The molecule has 0 aromatic heterocycles. The zero-order valence-corrected chi connectivity index (χ0v) is 10.4. The van der Waals surface area contributed by atoms with E-state index in [0.717, 1.165) is 12.8 Å². The van der Waals surface area contributed by atoms with Gasteiger partial charge in [-0.15, -0.1) is 0 Å². The second kappa shape index (κ2) is 5.32. The third kappa shape index (κ3) is 3.35. The highest BCUT2D eigenvalue weighted by atomic mass is 14.6. The van der Waals surface area contributed by atoms with E-state index < -0.39 is 0 Å². The Bertz CT molecular complexity index is 295. The Balaban J connectivity index is 2.65. The van der Waals surface area contributed by atoms with Crippen molar-refractivity contribution in [2.24, 2.45) is 11.7 Å². The van der Waals surface area contributed by atoms with E-state index in [1.54, 1.807) is 0 Å². The SMILES string of the molecule is Cc1cccc(C)c1CCC(N)C(C)C. The van der Waals surface area contributed by atoms with Gasteiger partial charge >= 0.3 is 0 Å². The van der Waals surface area contributed by atoms with Crippen molar-refractivity contribution < 1.29 is 0 Å². The molecule has 2 N–H and O–H groups in total. The molecule has 0 aliphatic heterocycles. The van der Waals surface area contributed by atoms with Gasteiger partial charge in [0.25, 0.3) is 0 Å². The predicted molar refractivity (Wildman–Crippen MR) is 67.1 cm³/mol. The molecule has 1 aromatic rings. The molecule has 1 rings (SSSR count). The van der Waals surface area contributed by atoms with Crippen molar-refractivity contribution >= 4 is 0 Å². The van der Waals surface area contributed by atoms with Crippen molar-refractivity contribution in [3.63, 3.8) is 0 Å². The fourth-order valence-corrected chi connectivity index (χ4v) is 1.89. The number of hydrogen-bond donors (Lipinski definition) is 1. The van der Waals surface area contributed by atoms with Crippen molar-refractivity contribution in [1.82, 2.24) is 0 Å². The molecule has 15 heavy (non-hydrogen) atoms. The molecule has 1 aromatic carbocycles. The number of benzene rings is 1. The van der Waals surface area contributed by atoms with Crippen molar-refractivity contribution in [3.05, 3.63) is 34.9 Å². The van der Waals surface area contributed by atoms with Gasteiger partial charge in [-0.3, -0.25) is 0 Å². The minimum atomic E-state index is 0.323. The fourth-order valence-electron chi connectivity index (χ4n) is 1.89. The average Bonchev–Trinajstić information content (AvgIpc) is 2.16. The number of hydrogen-bond acceptors (Lipinski definition) is 1. The van der Waals surface area contributed by atoms with Gasteiger partial charge in [0.15, 0.2) is 0 Å². The summed E-state index contributed by atoms with van der Waals surface area (Å²) in [4.78, 5) is 0. The molecule has 0 saturated heterocycles. The second-order valence-corrected chi connectivity index (χ2v) is 4.82. The van der Waals surface area contributed by atoms with E-state index >= 15 is 0 Å². The van der Waals surface area contributed by atoms with Crippen LogP contribution in [-0.2, 0) is 6.42 Å². The van der Waals surface area contributed by atoms with Gasteiger partial charge in [-0.25, -0.2) is 0 Å². The number of aryl methyl sites for hydroxylation is 2. The molecule has 1 nitrogen and oxygen atoms in total. The summed E-state index contributed by atoms with van der Waals surface area (Å²) < 4.78 is 0. The normalized spacial score (nSPS) is 13.2. The molecule has 0 bridgehead atoms. The van der Waals surface area contributed by atoms with Gasteiger partial charge < -0.3 is 5.73 Å². The van der Waals surface area contributed by atoms with Crippen molar-refractivity contribution in [2.75, 3.05) is 0 Å². The Labute approximate surface area is 93.7 Å². The molecule has 0 fully saturated rings. The Morgan fingerprint density at radius 2 is 1.67 bits per heavy atom. The van der Waals surface area contributed by atoms with Gasteiger partial charge in [0.05, 0.1) is 0 Å². The molecule has 0 spiro atoms. The van der Waals surface area contributed by atoms with Gasteiger partial charge in [-0.05, 0) is 49.3 Å². The highest BCUT2D eigenvalue weighted by molar-refractivity contribution is 5.33. The molecule has 84 valence electrons. The van der Waals surface area contributed by atoms with Crippen LogP contribution in [-0.4, -0.2) is 6.04 Å². The summed E-state index contributed by atoms with van der Waals surface area (Å²) in [6.07, 6.45) is 2.20. The van der Waals surface area contributed by atoms with E-state index in [1.807, 2.05) is 0 Å². The zero-order valence-electron chi connectivity index (χ0n) is 10.4. The van der Waals surface area contributed by atoms with Crippen LogP contribution in [0, 0.1) is 19.8 Å². The van der Waals surface area contributed by atoms with Gasteiger partial charge in [0.1, 0.15) is 0 Å². The highest BCUT2D eigenvalue weighted by Crippen LogP contribution is 2.17. The van der Waals surface area contributed by atoms with Crippen LogP contribution in [0.15, 0.2) is 18.2 Å². The Morgan fingerprint density at radius 3 is 2.13 bits per heavy atom. The van der Waals surface area contributed by atoms with Crippen LogP contribution < -0.4 is 5.73 Å². The monoisotopic (exact) mass is 205 g/mol. The largest absolute Gasteiger partial charge is 0.327 e. The first-order chi connectivity index (χ1) is 7.02. The van der Waals surface area contributed by atoms with Crippen LogP contribution in [0.3, 0.4) is 0 Å². The summed E-state index contributed by atoms with van der Waals surface area (Å²) in [7, 11) is 0. The Morgan fingerprint density at radius 1 is 1.13 bits per heavy atom. The molecule has 0 aliphatic rings. The first-order valence-electron chi connectivity index (χ1n) is 5.83. The van der Waals surface area contributed by atoms with E-state index in [-0.39, 0.29) is 0 Å². The van der Waals surface area contributed by atoms with Crippen LogP contribution in [0.1, 0.15) is 37.0 Å². The molecule has 0 amide bonds. The summed E-state index contributed by atoms with van der Waals surface area (Å²) >= 11 is 0. The Kier molecular flexibility index (Phi) is 4.34. The number of nitrogens with two attached hydrogens (primary N) is 1. The number of rotatable bonds is 4. The zero-order chi connectivity index (χ0) is 11.4. The topological polar surface area (TPSA) is 26.0 Å². The van der Waals surface area contributed by atoms with E-state index in [1.165, 1.54) is 16.7 Å². The van der Waals surface area contributed by atoms with Crippen molar-refractivity contribution in [3.8, 4) is 0 Å². The molecule has 0 saturated carbocycles. The van der Waals surface area contributed by atoms with Crippen LogP contribution in [0.4, 0.5) is 0 Å². The van der Waals surface area contributed by atoms with Gasteiger partial charge in [-0.1, -0.05) is 32.0 Å². The fraction of sp³-hybridized carbons (Fsp3) is 0.571. The smallest absolute Gasteiger partial charge is 0.00650 e. The van der Waals surface area contributed by atoms with E-state index in [9.17, 15) is 0 Å². The second-order valence-electron chi connectivity index (χ2n) is 4.82. The molecule has 1 atom stereocenters. The average molecular weight is 205 g/mol. The summed E-state index contributed by atoms with van der Waals surface area (Å²) in [5.74, 6) is 0.578. The maximum Gasteiger partial charge on any atom is 0.00650 e. The molecule has 1 heteroatoms. The van der Waals surface area contributed by atoms with Gasteiger partial charge in [0.2, 0.25) is 0 Å². The van der Waals surface area contributed by atoms with Crippen LogP contribution in [0.25, 0.3) is 0 Å². The third-order valence-electron chi connectivity index (χ3n) is 3.23. The Hall–Kier alpha value is -0.820. The lowest BCUT2D eigenvalue weighted by atomic mass is 9.93. The summed E-state index contributed by atoms with van der Waals surface area (Å²) in [6, 6.07) is 6.81. The maximum absolute atomic E-state index is 6.06. The predicted octanol–water partition coefficient (Wildman–Crippen LogP) is 3.22. The standard InChI is InChI=1S/C14H23N/c1-10(2)14(15)9-8-13-11(3)6-5-7-12(13)4/h5-7,10,14H,8-9,15H2,1-4H3. The summed E-state index contributed by atoms with van der Waals surface area (Å²) in [5.41, 5.74) is 10.3. The molecule has 0 radical (unpaired) electrons. The molecule has 0 aliphatic carbocycles. The van der Waals surface area contributed by atoms with E-state index in [0.29, 0.717) is 12.0 Å². The highest BCUT2D eigenvalue weighted by Gasteiger charge is 2.09. The van der Waals surface area contributed by atoms with E-state index in [4.69, 9.17) is 5.73 Å². The van der Waals surface area contributed by atoms with E-state index in [2.05, 4.69) is 45.9 Å². The lowest BCUT2D eigenvalue weighted by Gasteiger charge is -2.17.